The number of hydrogen-bond acceptors (Lipinski definition) is 4. The number of pyridine rings is 1. The number of imidazole rings is 1. The predicted molar refractivity (Wildman–Crippen MR) is 69.8 cm³/mol. The van der Waals surface area contributed by atoms with Crippen molar-refractivity contribution in [2.45, 2.75) is 13.5 Å². The second-order valence-electron chi connectivity index (χ2n) is 4.20. The van der Waals surface area contributed by atoms with Gasteiger partial charge >= 0.3 is 0 Å². The van der Waals surface area contributed by atoms with Crippen LogP contribution in [0.3, 0.4) is 0 Å². The van der Waals surface area contributed by atoms with Crippen molar-refractivity contribution in [1.82, 2.24) is 29.3 Å². The summed E-state index contributed by atoms with van der Waals surface area (Å²) in [5, 5.41) is 7.93. The van der Waals surface area contributed by atoms with Gasteiger partial charge in [0.05, 0.1) is 12.1 Å². The summed E-state index contributed by atoms with van der Waals surface area (Å²) in [6.45, 7) is 2.52. The number of nitrogens with one attached hydrogen (secondary N) is 1. The molecule has 18 heavy (non-hydrogen) atoms. The zero-order chi connectivity index (χ0) is 12.7. The second-order valence-corrected chi connectivity index (χ2v) is 4.58. The van der Waals surface area contributed by atoms with E-state index in [4.69, 9.17) is 12.2 Å². The van der Waals surface area contributed by atoms with Gasteiger partial charge in [-0.05, 0) is 31.3 Å². The van der Waals surface area contributed by atoms with Crippen molar-refractivity contribution in [2.24, 2.45) is 7.05 Å². The maximum atomic E-state index is 5.32. The highest BCUT2D eigenvalue weighted by molar-refractivity contribution is 7.71. The summed E-state index contributed by atoms with van der Waals surface area (Å²) in [5.41, 5.74) is 2.75. The number of aromatic amines is 1. The molecule has 7 heteroatoms. The maximum Gasteiger partial charge on any atom is 0.179 e. The summed E-state index contributed by atoms with van der Waals surface area (Å²) in [7, 11) is 1.91. The zero-order valence-corrected chi connectivity index (χ0v) is 10.9. The largest absolute Gasteiger partial charge is 0.329 e. The number of aromatic nitrogens is 6. The highest BCUT2D eigenvalue weighted by Gasteiger charge is 2.09. The predicted octanol–water partition coefficient (Wildman–Crippen LogP) is 1.58. The molecule has 0 unspecified atom stereocenters. The van der Waals surface area contributed by atoms with Gasteiger partial charge in [-0.3, -0.25) is 4.57 Å². The molecule has 0 aliphatic rings. The third kappa shape index (κ3) is 1.72. The van der Waals surface area contributed by atoms with Gasteiger partial charge in [-0.1, -0.05) is 0 Å². The summed E-state index contributed by atoms with van der Waals surface area (Å²) < 4.78 is 4.45. The molecular formula is C11H12N6S. The fraction of sp³-hybridized carbons (Fsp3) is 0.273. The fourth-order valence-electron chi connectivity index (χ4n) is 1.86. The monoisotopic (exact) mass is 260 g/mol. The Morgan fingerprint density at radius 3 is 2.94 bits per heavy atom. The van der Waals surface area contributed by atoms with Crippen molar-refractivity contribution in [3.05, 3.63) is 34.7 Å². The van der Waals surface area contributed by atoms with Crippen LogP contribution in [0.25, 0.3) is 11.2 Å². The van der Waals surface area contributed by atoms with E-state index in [9.17, 15) is 0 Å². The van der Waals surface area contributed by atoms with Crippen LogP contribution < -0.4 is 0 Å². The molecule has 0 bridgehead atoms. The van der Waals surface area contributed by atoms with Crippen LogP contribution in [-0.4, -0.2) is 29.3 Å². The summed E-state index contributed by atoms with van der Waals surface area (Å²) in [5.74, 6) is 0.843. The van der Waals surface area contributed by atoms with E-state index >= 15 is 0 Å². The molecule has 3 aromatic rings. The van der Waals surface area contributed by atoms with Crippen molar-refractivity contribution in [2.75, 3.05) is 0 Å². The first-order chi connectivity index (χ1) is 8.65. The van der Waals surface area contributed by atoms with Gasteiger partial charge in [-0.15, -0.1) is 10.2 Å². The van der Waals surface area contributed by atoms with E-state index in [1.54, 1.807) is 6.33 Å². The third-order valence-corrected chi connectivity index (χ3v) is 3.18. The molecular weight excluding hydrogens is 248 g/mol. The van der Waals surface area contributed by atoms with Crippen LogP contribution in [0.5, 0.6) is 0 Å². The Balaban J connectivity index is 2.17. The van der Waals surface area contributed by atoms with Gasteiger partial charge < -0.3 is 9.55 Å². The molecule has 0 saturated heterocycles. The molecule has 1 N–H and O–H groups in total. The first-order valence-electron chi connectivity index (χ1n) is 5.54. The average molecular weight is 260 g/mol. The quantitative estimate of drug-likeness (QED) is 0.710. The number of H-pyrrole nitrogens is 1. The fourth-order valence-corrected chi connectivity index (χ4v) is 2.12. The van der Waals surface area contributed by atoms with Crippen LogP contribution >= 0.6 is 12.2 Å². The first-order valence-corrected chi connectivity index (χ1v) is 5.95. The summed E-state index contributed by atoms with van der Waals surface area (Å²) >= 11 is 5.32. The molecule has 0 atom stereocenters. The highest BCUT2D eigenvalue weighted by Crippen LogP contribution is 2.13. The standard InChI is InChI=1S/C11H12N6S/c1-7-3-4-8-10(13-7)17(11(18)14-8)5-9-15-12-6-16(9)2/h3-4,6H,5H2,1-2H3,(H,14,18). The van der Waals surface area contributed by atoms with E-state index in [0.717, 1.165) is 22.7 Å². The zero-order valence-electron chi connectivity index (χ0n) is 10.1. The summed E-state index contributed by atoms with van der Waals surface area (Å²) in [4.78, 5) is 7.66. The summed E-state index contributed by atoms with van der Waals surface area (Å²) in [6.07, 6.45) is 1.67. The van der Waals surface area contributed by atoms with Crippen molar-refractivity contribution in [3.8, 4) is 0 Å². The van der Waals surface area contributed by atoms with Gasteiger partial charge in [0.2, 0.25) is 0 Å². The topological polar surface area (TPSA) is 64.3 Å². The first kappa shape index (κ1) is 11.1. The van der Waals surface area contributed by atoms with Gasteiger partial charge in [0.1, 0.15) is 6.33 Å². The minimum absolute atomic E-state index is 0.561. The second kappa shape index (κ2) is 4.02. The minimum atomic E-state index is 0.561. The molecule has 0 aliphatic heterocycles. The molecule has 0 amide bonds. The van der Waals surface area contributed by atoms with Crippen molar-refractivity contribution in [1.29, 1.82) is 0 Å². The van der Waals surface area contributed by atoms with Crippen LogP contribution in [0.1, 0.15) is 11.5 Å². The Kier molecular flexibility index (Phi) is 2.48. The molecule has 3 heterocycles. The van der Waals surface area contributed by atoms with Crippen molar-refractivity contribution >= 4 is 23.4 Å². The molecule has 6 nitrogen and oxygen atoms in total. The van der Waals surface area contributed by atoms with Crippen molar-refractivity contribution < 1.29 is 0 Å². The maximum absolute atomic E-state index is 5.32. The van der Waals surface area contributed by atoms with Gasteiger partial charge in [0, 0.05) is 12.7 Å². The van der Waals surface area contributed by atoms with Crippen LogP contribution in [-0.2, 0) is 13.6 Å². The lowest BCUT2D eigenvalue weighted by Gasteiger charge is -2.03. The lowest BCUT2D eigenvalue weighted by molar-refractivity contribution is 0.700. The van der Waals surface area contributed by atoms with Gasteiger partial charge in [-0.2, -0.15) is 0 Å². The van der Waals surface area contributed by atoms with Crippen LogP contribution in [0, 0.1) is 11.7 Å². The van der Waals surface area contributed by atoms with Crippen LogP contribution in [0.15, 0.2) is 18.5 Å². The SMILES string of the molecule is Cc1ccc2[nH]c(=S)n(Cc3nncn3C)c2n1. The third-order valence-electron chi connectivity index (χ3n) is 2.86. The molecule has 0 spiro atoms. The lowest BCUT2D eigenvalue weighted by Crippen LogP contribution is -2.06. The minimum Gasteiger partial charge on any atom is -0.329 e. The van der Waals surface area contributed by atoms with E-state index in [1.165, 1.54) is 0 Å². The van der Waals surface area contributed by atoms with E-state index in [1.807, 2.05) is 35.2 Å². The number of nitrogens with zero attached hydrogens (tertiary/aromatic N) is 5. The molecule has 0 radical (unpaired) electrons. The Morgan fingerprint density at radius 1 is 1.39 bits per heavy atom. The van der Waals surface area contributed by atoms with Gasteiger partial charge in [-0.25, -0.2) is 4.98 Å². The van der Waals surface area contributed by atoms with Crippen LogP contribution in [0.4, 0.5) is 0 Å². The molecule has 0 saturated carbocycles. The van der Waals surface area contributed by atoms with E-state index < -0.39 is 0 Å². The van der Waals surface area contributed by atoms with Crippen LogP contribution in [0.2, 0.25) is 0 Å². The Hall–Kier alpha value is -2.02. The molecule has 0 aromatic carbocycles. The van der Waals surface area contributed by atoms with Gasteiger partial charge in [0.25, 0.3) is 0 Å². The Labute approximate surface area is 108 Å². The molecule has 92 valence electrons. The average Bonchev–Trinajstić information content (AvgIpc) is 2.86. The summed E-state index contributed by atoms with van der Waals surface area (Å²) in [6, 6.07) is 3.95. The molecule has 0 aliphatic carbocycles. The highest BCUT2D eigenvalue weighted by atomic mass is 32.1. The number of aryl methyl sites for hydroxylation is 2. The molecule has 3 aromatic heterocycles. The van der Waals surface area contributed by atoms with E-state index in [-0.39, 0.29) is 0 Å². The normalized spacial score (nSPS) is 11.2. The molecule has 0 fully saturated rings. The number of rotatable bonds is 2. The lowest BCUT2D eigenvalue weighted by atomic mass is 10.3. The number of fused-ring (bicyclic) bond motifs is 1. The van der Waals surface area contributed by atoms with Crippen molar-refractivity contribution in [3.63, 3.8) is 0 Å². The van der Waals surface area contributed by atoms with E-state index in [0.29, 0.717) is 11.3 Å². The Bertz CT molecular complexity index is 765. The van der Waals surface area contributed by atoms with E-state index in [2.05, 4.69) is 20.2 Å². The Morgan fingerprint density at radius 2 is 2.22 bits per heavy atom. The van der Waals surface area contributed by atoms with Gasteiger partial charge in [0.15, 0.2) is 16.2 Å². The number of hydrogen-bond donors (Lipinski definition) is 1. The molecule has 3 rings (SSSR count). The smallest absolute Gasteiger partial charge is 0.179 e.